The van der Waals surface area contributed by atoms with Gasteiger partial charge in [-0.2, -0.15) is 5.10 Å². The van der Waals surface area contributed by atoms with Crippen LogP contribution in [0.1, 0.15) is 33.6 Å². The molecule has 3 heteroatoms. The maximum Gasteiger partial charge on any atom is 0.233 e. The summed E-state index contributed by atoms with van der Waals surface area (Å²) in [5.41, 5.74) is 0. The van der Waals surface area contributed by atoms with E-state index in [-0.39, 0.29) is 0 Å². The molecule has 0 radical (unpaired) electrons. The van der Waals surface area contributed by atoms with Crippen LogP contribution in [0.15, 0.2) is 18.3 Å². The summed E-state index contributed by atoms with van der Waals surface area (Å²) in [4.78, 5) is 0. The molecule has 0 amide bonds. The molecule has 1 heterocycles. The first-order valence-electron chi connectivity index (χ1n) is 4.84. The molecule has 0 bridgehead atoms. The Hall–Kier alpha value is -1.12. The van der Waals surface area contributed by atoms with Crippen molar-refractivity contribution in [1.29, 1.82) is 0 Å². The van der Waals surface area contributed by atoms with E-state index in [1.165, 1.54) is 0 Å². The summed E-state index contributed by atoms with van der Waals surface area (Å²) < 4.78 is 5.27. The minimum Gasteiger partial charge on any atom is -0.477 e. The van der Waals surface area contributed by atoms with E-state index in [4.69, 9.17) is 4.74 Å². The molecule has 3 nitrogen and oxygen atoms in total. The van der Waals surface area contributed by atoms with Crippen LogP contribution in [0.25, 0.3) is 0 Å². The number of rotatable bonds is 4. The topological polar surface area (TPSA) is 35.0 Å². The Morgan fingerprint density at radius 3 is 2.69 bits per heavy atom. The second-order valence-electron chi connectivity index (χ2n) is 2.26. The van der Waals surface area contributed by atoms with Crippen LogP contribution in [0.3, 0.4) is 0 Å². The van der Waals surface area contributed by atoms with Gasteiger partial charge in [-0.15, -0.1) is 5.10 Å². The Balaban J connectivity index is 0.000000671. The third-order valence-corrected chi connectivity index (χ3v) is 1.30. The normalized spacial score (nSPS) is 8.54. The van der Waals surface area contributed by atoms with Crippen molar-refractivity contribution in [2.24, 2.45) is 0 Å². The Kier molecular flexibility index (Phi) is 8.20. The first kappa shape index (κ1) is 11.9. The quantitative estimate of drug-likeness (QED) is 0.671. The number of ether oxygens (including phenoxy) is 1. The summed E-state index contributed by atoms with van der Waals surface area (Å²) in [7, 11) is 0. The lowest BCUT2D eigenvalue weighted by molar-refractivity contribution is 0.294. The van der Waals surface area contributed by atoms with Gasteiger partial charge in [-0.25, -0.2) is 0 Å². The van der Waals surface area contributed by atoms with Gasteiger partial charge < -0.3 is 4.74 Å². The van der Waals surface area contributed by atoms with Gasteiger partial charge in [0, 0.05) is 12.3 Å². The van der Waals surface area contributed by atoms with E-state index in [1.54, 1.807) is 6.20 Å². The van der Waals surface area contributed by atoms with Crippen LogP contribution in [0, 0.1) is 0 Å². The lowest BCUT2D eigenvalue weighted by Crippen LogP contribution is -1.98. The third kappa shape index (κ3) is 6.08. The van der Waals surface area contributed by atoms with Crippen LogP contribution < -0.4 is 4.74 Å². The highest BCUT2D eigenvalue weighted by molar-refractivity contribution is 5.04. The van der Waals surface area contributed by atoms with E-state index in [2.05, 4.69) is 17.1 Å². The molecule has 0 aliphatic rings. The van der Waals surface area contributed by atoms with Gasteiger partial charge in [0.1, 0.15) is 0 Å². The van der Waals surface area contributed by atoms with Crippen molar-refractivity contribution >= 4 is 0 Å². The molecule has 1 rings (SSSR count). The fourth-order valence-corrected chi connectivity index (χ4v) is 0.685. The Labute approximate surface area is 80.1 Å². The van der Waals surface area contributed by atoms with Crippen molar-refractivity contribution in [2.75, 3.05) is 6.61 Å². The zero-order valence-corrected chi connectivity index (χ0v) is 8.66. The summed E-state index contributed by atoms with van der Waals surface area (Å²) in [6, 6.07) is 3.62. The molecule has 0 N–H and O–H groups in total. The lowest BCUT2D eigenvalue weighted by Gasteiger charge is -2.00. The molecule has 1 aromatic rings. The van der Waals surface area contributed by atoms with Crippen LogP contribution in [-0.2, 0) is 0 Å². The number of hydrogen-bond acceptors (Lipinski definition) is 3. The summed E-state index contributed by atoms with van der Waals surface area (Å²) in [5, 5.41) is 7.47. The van der Waals surface area contributed by atoms with E-state index in [0.29, 0.717) is 5.88 Å². The molecule has 13 heavy (non-hydrogen) atoms. The van der Waals surface area contributed by atoms with Crippen molar-refractivity contribution in [3.05, 3.63) is 18.3 Å². The number of hydrogen-bond donors (Lipinski definition) is 0. The molecule has 1 aromatic heterocycles. The fraction of sp³-hybridized carbons (Fsp3) is 0.600. The average Bonchev–Trinajstić information content (AvgIpc) is 2.23. The summed E-state index contributed by atoms with van der Waals surface area (Å²) in [6.07, 6.45) is 3.84. The monoisotopic (exact) mass is 182 g/mol. The first-order valence-corrected chi connectivity index (χ1v) is 4.84. The van der Waals surface area contributed by atoms with Gasteiger partial charge in [0.2, 0.25) is 5.88 Å². The van der Waals surface area contributed by atoms with Crippen molar-refractivity contribution in [3.63, 3.8) is 0 Å². The smallest absolute Gasteiger partial charge is 0.233 e. The fourth-order valence-electron chi connectivity index (χ4n) is 0.685. The van der Waals surface area contributed by atoms with Crippen LogP contribution >= 0.6 is 0 Å². The van der Waals surface area contributed by atoms with Gasteiger partial charge in [0.25, 0.3) is 0 Å². The highest BCUT2D eigenvalue weighted by Crippen LogP contribution is 2.01. The summed E-state index contributed by atoms with van der Waals surface area (Å²) in [5.74, 6) is 0.612. The van der Waals surface area contributed by atoms with E-state index >= 15 is 0 Å². The lowest BCUT2D eigenvalue weighted by atomic mass is 10.4. The second kappa shape index (κ2) is 8.97. The van der Waals surface area contributed by atoms with Gasteiger partial charge in [0.15, 0.2) is 0 Å². The number of unbranched alkanes of at least 4 members (excludes halogenated alkanes) is 1. The predicted octanol–water partition coefficient (Wildman–Crippen LogP) is 2.68. The average molecular weight is 182 g/mol. The van der Waals surface area contributed by atoms with Gasteiger partial charge in [0.05, 0.1) is 6.61 Å². The second-order valence-corrected chi connectivity index (χ2v) is 2.26. The molecular formula is C10H18N2O. The van der Waals surface area contributed by atoms with E-state index in [1.807, 2.05) is 26.0 Å². The molecule has 0 aromatic carbocycles. The van der Waals surface area contributed by atoms with Crippen LogP contribution in [-0.4, -0.2) is 16.8 Å². The van der Waals surface area contributed by atoms with E-state index in [9.17, 15) is 0 Å². The molecule has 0 aliphatic carbocycles. The van der Waals surface area contributed by atoms with Gasteiger partial charge in [-0.05, 0) is 12.5 Å². The first-order chi connectivity index (χ1) is 6.43. The molecule has 74 valence electrons. The molecule has 0 aliphatic heterocycles. The Morgan fingerprint density at radius 1 is 1.38 bits per heavy atom. The van der Waals surface area contributed by atoms with E-state index < -0.39 is 0 Å². The SMILES string of the molecule is CC.CCCCOc1cccnn1. The van der Waals surface area contributed by atoms with Gasteiger partial charge in [-0.3, -0.25) is 0 Å². The molecule has 0 fully saturated rings. The predicted molar refractivity (Wildman–Crippen MR) is 53.8 cm³/mol. The highest BCUT2D eigenvalue weighted by Gasteiger charge is 1.91. The van der Waals surface area contributed by atoms with E-state index in [0.717, 1.165) is 19.4 Å². The summed E-state index contributed by atoms with van der Waals surface area (Å²) >= 11 is 0. The molecule has 0 atom stereocenters. The molecular weight excluding hydrogens is 164 g/mol. The highest BCUT2D eigenvalue weighted by atomic mass is 16.5. The molecule has 0 saturated carbocycles. The van der Waals surface area contributed by atoms with Crippen molar-refractivity contribution in [1.82, 2.24) is 10.2 Å². The summed E-state index contributed by atoms with van der Waals surface area (Å²) in [6.45, 7) is 6.86. The van der Waals surface area contributed by atoms with Gasteiger partial charge in [-0.1, -0.05) is 27.2 Å². The Morgan fingerprint density at radius 2 is 2.15 bits per heavy atom. The van der Waals surface area contributed by atoms with Crippen LogP contribution in [0.2, 0.25) is 0 Å². The van der Waals surface area contributed by atoms with Crippen molar-refractivity contribution in [3.8, 4) is 5.88 Å². The minimum absolute atomic E-state index is 0.612. The molecule has 0 saturated heterocycles. The number of nitrogens with zero attached hydrogens (tertiary/aromatic N) is 2. The zero-order valence-electron chi connectivity index (χ0n) is 8.66. The van der Waals surface area contributed by atoms with Crippen molar-refractivity contribution < 1.29 is 4.74 Å². The van der Waals surface area contributed by atoms with Crippen LogP contribution in [0.5, 0.6) is 5.88 Å². The van der Waals surface area contributed by atoms with Gasteiger partial charge >= 0.3 is 0 Å². The van der Waals surface area contributed by atoms with Crippen molar-refractivity contribution in [2.45, 2.75) is 33.6 Å². The molecule has 0 unspecified atom stereocenters. The largest absolute Gasteiger partial charge is 0.477 e. The standard InChI is InChI=1S/C8H12N2O.C2H6/c1-2-3-7-11-8-5-4-6-9-10-8;1-2/h4-6H,2-3,7H2,1H3;1-2H3. The maximum absolute atomic E-state index is 5.27. The Bertz CT molecular complexity index is 189. The molecule has 0 spiro atoms. The number of aromatic nitrogens is 2. The minimum atomic E-state index is 0.612. The third-order valence-electron chi connectivity index (χ3n) is 1.30. The zero-order chi connectivity index (χ0) is 9.94. The van der Waals surface area contributed by atoms with Crippen LogP contribution in [0.4, 0.5) is 0 Å². The maximum atomic E-state index is 5.27.